The van der Waals surface area contributed by atoms with E-state index in [9.17, 15) is 18.0 Å². The van der Waals surface area contributed by atoms with Crippen LogP contribution in [0.15, 0.2) is 49.1 Å². The van der Waals surface area contributed by atoms with Crippen molar-refractivity contribution in [1.29, 1.82) is 0 Å². The molecule has 0 saturated carbocycles. The van der Waals surface area contributed by atoms with Gasteiger partial charge in [-0.05, 0) is 45.2 Å². The number of rotatable bonds is 7. The Morgan fingerprint density at radius 2 is 1.97 bits per heavy atom. The summed E-state index contributed by atoms with van der Waals surface area (Å²) < 4.78 is 35.1. The molecule has 2 atom stereocenters. The minimum atomic E-state index is -3.97. The Balaban J connectivity index is 1.84. The highest BCUT2D eigenvalue weighted by molar-refractivity contribution is 7.90. The third-order valence-corrected chi connectivity index (χ3v) is 8.46. The molecule has 1 aromatic carbocycles. The highest BCUT2D eigenvalue weighted by atomic mass is 32.2. The average Bonchev–Trinajstić information content (AvgIpc) is 3.16. The quantitative estimate of drug-likeness (QED) is 0.464. The zero-order chi connectivity index (χ0) is 25.8. The zero-order valence-electron chi connectivity index (χ0n) is 20.1. The Hall–Kier alpha value is -2.89. The normalized spacial score (nSPS) is 17.5. The van der Waals surface area contributed by atoms with Crippen LogP contribution in [0.25, 0.3) is 10.4 Å². The number of likely N-dealkylation sites (tertiary alicyclic amines) is 1. The SMILES string of the molecule is C=CC(c1sc(-c2ccccc2)cc1NC(N)=O)S(=O)(=O)NC1CCCN(C(=O)OC(C)(C)C)C1. The first-order chi connectivity index (χ1) is 16.4. The van der Waals surface area contributed by atoms with Crippen molar-refractivity contribution in [3.8, 4) is 10.4 Å². The van der Waals surface area contributed by atoms with Gasteiger partial charge in [0.1, 0.15) is 10.9 Å². The molecular weight excluding hydrogens is 488 g/mol. The van der Waals surface area contributed by atoms with Crippen molar-refractivity contribution in [1.82, 2.24) is 9.62 Å². The molecule has 0 radical (unpaired) electrons. The van der Waals surface area contributed by atoms with E-state index in [2.05, 4.69) is 16.6 Å². The lowest BCUT2D eigenvalue weighted by atomic mass is 10.1. The van der Waals surface area contributed by atoms with Crippen LogP contribution in [0, 0.1) is 0 Å². The first-order valence-electron chi connectivity index (χ1n) is 11.3. The maximum absolute atomic E-state index is 13.5. The number of nitrogens with zero attached hydrogens (tertiary/aromatic N) is 1. The van der Waals surface area contributed by atoms with Crippen LogP contribution in [-0.2, 0) is 14.8 Å². The van der Waals surface area contributed by atoms with E-state index in [0.717, 1.165) is 10.4 Å². The molecule has 1 aliphatic heterocycles. The number of hydrogen-bond donors (Lipinski definition) is 3. The third kappa shape index (κ3) is 7.06. The van der Waals surface area contributed by atoms with Gasteiger partial charge < -0.3 is 20.7 Å². The largest absolute Gasteiger partial charge is 0.444 e. The van der Waals surface area contributed by atoms with Crippen molar-refractivity contribution < 1.29 is 22.7 Å². The molecule has 3 rings (SSSR count). The molecule has 2 unspecified atom stereocenters. The van der Waals surface area contributed by atoms with Crippen LogP contribution in [0.2, 0.25) is 0 Å². The van der Waals surface area contributed by atoms with Gasteiger partial charge in [-0.2, -0.15) is 0 Å². The molecule has 0 spiro atoms. The molecular formula is C24H32N4O5S2. The van der Waals surface area contributed by atoms with Gasteiger partial charge >= 0.3 is 12.1 Å². The summed E-state index contributed by atoms with van der Waals surface area (Å²) >= 11 is 1.24. The van der Waals surface area contributed by atoms with E-state index < -0.39 is 39.0 Å². The Morgan fingerprint density at radius 3 is 2.57 bits per heavy atom. The van der Waals surface area contributed by atoms with Crippen molar-refractivity contribution in [2.45, 2.75) is 50.5 Å². The molecule has 4 N–H and O–H groups in total. The molecule has 0 bridgehead atoms. The van der Waals surface area contributed by atoms with Crippen molar-refractivity contribution in [2.75, 3.05) is 18.4 Å². The van der Waals surface area contributed by atoms with Crippen LogP contribution in [0.4, 0.5) is 15.3 Å². The Kier molecular flexibility index (Phi) is 8.24. The van der Waals surface area contributed by atoms with Gasteiger partial charge in [0.05, 0.1) is 10.6 Å². The number of ether oxygens (including phenoxy) is 1. The summed E-state index contributed by atoms with van der Waals surface area (Å²) in [5.41, 5.74) is 5.90. The maximum Gasteiger partial charge on any atom is 0.410 e. The molecule has 1 fully saturated rings. The van der Waals surface area contributed by atoms with Crippen LogP contribution in [0.5, 0.6) is 0 Å². The predicted molar refractivity (Wildman–Crippen MR) is 139 cm³/mol. The number of nitrogens with two attached hydrogens (primary N) is 1. The fourth-order valence-corrected chi connectivity index (χ4v) is 6.93. The number of amides is 3. The standard InChI is InChI=1S/C24H32N4O5S2/c1-5-20(21-18(26-22(25)29)14-19(34-21)16-10-7-6-8-11-16)35(31,32)27-17-12-9-13-28(15-17)23(30)33-24(2,3)4/h5-8,10-11,14,17,20,27H,1,9,12-13,15H2,2-4H3,(H3,25,26,29). The first kappa shape index (κ1) is 26.7. The Labute approximate surface area is 210 Å². The predicted octanol–water partition coefficient (Wildman–Crippen LogP) is 4.45. The fraction of sp³-hybridized carbons (Fsp3) is 0.417. The molecule has 1 aromatic heterocycles. The van der Waals surface area contributed by atoms with Gasteiger partial charge in [0.2, 0.25) is 10.0 Å². The summed E-state index contributed by atoms with van der Waals surface area (Å²) in [7, 11) is -3.97. The van der Waals surface area contributed by atoms with E-state index in [0.29, 0.717) is 30.0 Å². The van der Waals surface area contributed by atoms with Gasteiger partial charge in [0.15, 0.2) is 0 Å². The smallest absolute Gasteiger partial charge is 0.410 e. The minimum Gasteiger partial charge on any atom is -0.444 e. The van der Waals surface area contributed by atoms with Crippen LogP contribution in [-0.4, -0.2) is 50.2 Å². The van der Waals surface area contributed by atoms with Crippen LogP contribution in [0.1, 0.15) is 43.7 Å². The van der Waals surface area contributed by atoms with E-state index in [1.165, 1.54) is 22.3 Å². The van der Waals surface area contributed by atoms with Gasteiger partial charge in [-0.3, -0.25) is 0 Å². The Bertz CT molecular complexity index is 1170. The summed E-state index contributed by atoms with van der Waals surface area (Å²) in [5, 5.41) is 1.40. The first-order valence-corrected chi connectivity index (χ1v) is 13.6. The summed E-state index contributed by atoms with van der Waals surface area (Å²) in [6.07, 6.45) is 2.06. The second kappa shape index (κ2) is 10.8. The number of carbonyl (C=O) groups excluding carboxylic acids is 2. The van der Waals surface area contributed by atoms with E-state index in [-0.39, 0.29) is 6.54 Å². The van der Waals surface area contributed by atoms with Gasteiger partial charge in [-0.25, -0.2) is 22.7 Å². The maximum atomic E-state index is 13.5. The number of hydrogen-bond acceptors (Lipinski definition) is 6. The molecule has 1 saturated heterocycles. The molecule has 35 heavy (non-hydrogen) atoms. The molecule has 9 nitrogen and oxygen atoms in total. The van der Waals surface area contributed by atoms with Crippen LogP contribution >= 0.6 is 11.3 Å². The van der Waals surface area contributed by atoms with Crippen molar-refractivity contribution in [3.63, 3.8) is 0 Å². The van der Waals surface area contributed by atoms with Gasteiger partial charge in [-0.1, -0.05) is 36.4 Å². The summed E-state index contributed by atoms with van der Waals surface area (Å²) in [4.78, 5) is 26.8. The summed E-state index contributed by atoms with van der Waals surface area (Å²) in [6.45, 7) is 9.79. The zero-order valence-corrected chi connectivity index (χ0v) is 21.7. The van der Waals surface area contributed by atoms with E-state index in [4.69, 9.17) is 10.5 Å². The monoisotopic (exact) mass is 520 g/mol. The molecule has 190 valence electrons. The lowest BCUT2D eigenvalue weighted by Crippen LogP contribution is -2.51. The molecule has 1 aliphatic rings. The second-order valence-corrected chi connectivity index (χ2v) is 12.2. The van der Waals surface area contributed by atoms with Crippen molar-refractivity contribution in [3.05, 3.63) is 53.9 Å². The summed E-state index contributed by atoms with van der Waals surface area (Å²) in [5.74, 6) is 0. The number of carbonyl (C=O) groups is 2. The molecule has 3 amide bonds. The van der Waals surface area contributed by atoms with Gasteiger partial charge in [-0.15, -0.1) is 17.9 Å². The van der Waals surface area contributed by atoms with Crippen molar-refractivity contribution >= 4 is 39.2 Å². The van der Waals surface area contributed by atoms with Crippen molar-refractivity contribution in [2.24, 2.45) is 5.73 Å². The number of anilines is 1. The van der Waals surface area contributed by atoms with E-state index in [1.54, 1.807) is 26.8 Å². The summed E-state index contributed by atoms with van der Waals surface area (Å²) in [6, 6.07) is 9.85. The minimum absolute atomic E-state index is 0.199. The topological polar surface area (TPSA) is 131 Å². The number of sulfonamides is 1. The number of piperidine rings is 1. The highest BCUT2D eigenvalue weighted by Crippen LogP contribution is 2.41. The second-order valence-electron chi connectivity index (χ2n) is 9.33. The van der Waals surface area contributed by atoms with Crippen LogP contribution in [0.3, 0.4) is 0 Å². The molecule has 0 aliphatic carbocycles. The molecule has 2 heterocycles. The Morgan fingerprint density at radius 1 is 1.29 bits per heavy atom. The lowest BCUT2D eigenvalue weighted by molar-refractivity contribution is 0.0195. The molecule has 11 heteroatoms. The molecule has 2 aromatic rings. The number of primary amides is 1. The highest BCUT2D eigenvalue weighted by Gasteiger charge is 2.34. The number of urea groups is 1. The van der Waals surface area contributed by atoms with E-state index in [1.807, 2.05) is 30.3 Å². The van der Waals surface area contributed by atoms with Gasteiger partial charge in [0, 0.05) is 24.0 Å². The fourth-order valence-electron chi connectivity index (χ4n) is 3.84. The lowest BCUT2D eigenvalue weighted by Gasteiger charge is -2.34. The number of thiophene rings is 1. The third-order valence-electron chi connectivity index (χ3n) is 5.29. The number of benzene rings is 1. The van der Waals surface area contributed by atoms with Crippen LogP contribution < -0.4 is 15.8 Å². The number of nitrogens with one attached hydrogen (secondary N) is 2. The van der Waals surface area contributed by atoms with Gasteiger partial charge in [0.25, 0.3) is 0 Å². The van der Waals surface area contributed by atoms with E-state index >= 15 is 0 Å². The average molecular weight is 521 g/mol.